The highest BCUT2D eigenvalue weighted by Gasteiger charge is 2.10. The van der Waals surface area contributed by atoms with Gasteiger partial charge < -0.3 is 10.2 Å². The fourth-order valence-electron chi connectivity index (χ4n) is 2.91. The number of aliphatic hydroxyl groups excluding tert-OH is 2. The van der Waals surface area contributed by atoms with Gasteiger partial charge in [0.2, 0.25) is 0 Å². The molecule has 4 nitrogen and oxygen atoms in total. The maximum atomic E-state index is 10.6. The average molecular weight is 435 g/mol. The highest BCUT2D eigenvalue weighted by molar-refractivity contribution is 6.30. The number of nitrogens with zero attached hydrogens (tertiary/aromatic N) is 2. The van der Waals surface area contributed by atoms with Crippen LogP contribution in [-0.2, 0) is 0 Å². The number of benzene rings is 3. The van der Waals surface area contributed by atoms with Crippen molar-refractivity contribution in [3.63, 3.8) is 0 Å². The topological polar surface area (TPSA) is 66.2 Å². The third-order valence-electron chi connectivity index (χ3n) is 4.45. The van der Waals surface area contributed by atoms with Gasteiger partial charge in [0.15, 0.2) is 0 Å². The Hall–Kier alpha value is -3.34. The van der Waals surface area contributed by atoms with Crippen LogP contribution >= 0.6 is 23.2 Å². The van der Waals surface area contributed by atoms with E-state index in [2.05, 4.69) is 9.97 Å². The number of para-hydroxylation sites is 2. The van der Waals surface area contributed by atoms with Crippen LogP contribution in [0.25, 0.3) is 34.7 Å². The number of hydrogen-bond donors (Lipinski definition) is 2. The largest absolute Gasteiger partial charge is 0.507 e. The molecule has 0 saturated heterocycles. The van der Waals surface area contributed by atoms with Gasteiger partial charge in [0.25, 0.3) is 0 Å². The van der Waals surface area contributed by atoms with Crippen LogP contribution < -0.4 is 0 Å². The van der Waals surface area contributed by atoms with Crippen molar-refractivity contribution < 1.29 is 10.2 Å². The maximum absolute atomic E-state index is 10.6. The quantitative estimate of drug-likeness (QED) is 0.337. The van der Waals surface area contributed by atoms with Gasteiger partial charge in [-0.1, -0.05) is 35.3 Å². The van der Waals surface area contributed by atoms with E-state index in [9.17, 15) is 10.2 Å². The number of hydrogen-bond acceptors (Lipinski definition) is 4. The van der Waals surface area contributed by atoms with Crippen LogP contribution in [0.5, 0.6) is 0 Å². The van der Waals surface area contributed by atoms with Gasteiger partial charge in [-0.05, 0) is 60.7 Å². The zero-order valence-electron chi connectivity index (χ0n) is 15.6. The second-order valence-corrected chi connectivity index (χ2v) is 7.43. The minimum atomic E-state index is 0.0110. The molecule has 2 N–H and O–H groups in total. The number of halogens is 2. The highest BCUT2D eigenvalue weighted by Crippen LogP contribution is 2.24. The Labute approximate surface area is 183 Å². The lowest BCUT2D eigenvalue weighted by atomic mass is 10.1. The van der Waals surface area contributed by atoms with Crippen molar-refractivity contribution in [1.82, 2.24) is 9.97 Å². The molecule has 0 saturated carbocycles. The molecule has 6 heteroatoms. The van der Waals surface area contributed by atoms with Crippen LogP contribution in [0.4, 0.5) is 0 Å². The van der Waals surface area contributed by atoms with E-state index in [0.29, 0.717) is 43.6 Å². The van der Waals surface area contributed by atoms with Gasteiger partial charge in [-0.3, -0.25) is 0 Å². The molecule has 1 heterocycles. The average Bonchev–Trinajstić information content (AvgIpc) is 2.75. The predicted octanol–water partition coefficient (Wildman–Crippen LogP) is 7.05. The summed E-state index contributed by atoms with van der Waals surface area (Å²) in [5, 5.41) is 22.3. The molecule has 0 unspecified atom stereocenters. The lowest BCUT2D eigenvalue weighted by Crippen LogP contribution is -1.96. The van der Waals surface area contributed by atoms with Crippen molar-refractivity contribution in [3.8, 4) is 0 Å². The first-order valence-electron chi connectivity index (χ1n) is 9.09. The second kappa shape index (κ2) is 8.57. The van der Waals surface area contributed by atoms with Gasteiger partial charge in [0.1, 0.15) is 11.5 Å². The molecule has 0 radical (unpaired) electrons. The first-order valence-corrected chi connectivity index (χ1v) is 9.85. The van der Waals surface area contributed by atoms with Gasteiger partial charge in [0.05, 0.1) is 22.4 Å². The minimum absolute atomic E-state index is 0.0110. The SMILES string of the molecule is O/C(=C\c1nc2ccccc2nc1/C=C(\O)c1ccc(Cl)cc1)c1ccc(Cl)cc1. The van der Waals surface area contributed by atoms with Gasteiger partial charge in [-0.15, -0.1) is 0 Å². The van der Waals surface area contributed by atoms with E-state index in [0.717, 1.165) is 0 Å². The Kier molecular flexibility index (Phi) is 5.70. The van der Waals surface area contributed by atoms with E-state index in [1.807, 2.05) is 24.3 Å². The van der Waals surface area contributed by atoms with E-state index in [1.165, 1.54) is 12.2 Å². The lowest BCUT2D eigenvalue weighted by molar-refractivity contribution is 0.514. The fourth-order valence-corrected chi connectivity index (χ4v) is 3.16. The van der Waals surface area contributed by atoms with Crippen molar-refractivity contribution in [1.29, 1.82) is 0 Å². The van der Waals surface area contributed by atoms with Crippen LogP contribution in [0.15, 0.2) is 72.8 Å². The molecular weight excluding hydrogens is 419 g/mol. The molecule has 30 heavy (non-hydrogen) atoms. The molecule has 0 atom stereocenters. The first kappa shape index (κ1) is 20.0. The van der Waals surface area contributed by atoms with E-state index in [-0.39, 0.29) is 11.5 Å². The fraction of sp³-hybridized carbons (Fsp3) is 0. The van der Waals surface area contributed by atoms with Gasteiger partial charge in [0, 0.05) is 33.3 Å². The summed E-state index contributed by atoms with van der Waals surface area (Å²) in [4.78, 5) is 9.23. The van der Waals surface area contributed by atoms with E-state index >= 15 is 0 Å². The van der Waals surface area contributed by atoms with Crippen LogP contribution in [-0.4, -0.2) is 20.2 Å². The molecule has 3 aromatic carbocycles. The van der Waals surface area contributed by atoms with Crippen molar-refractivity contribution in [2.24, 2.45) is 0 Å². The molecule has 0 spiro atoms. The molecule has 0 amide bonds. The Morgan fingerprint density at radius 1 is 0.600 bits per heavy atom. The summed E-state index contributed by atoms with van der Waals surface area (Å²) in [6.07, 6.45) is 3.04. The molecule has 4 aromatic rings. The first-order chi connectivity index (χ1) is 14.5. The van der Waals surface area contributed by atoms with E-state index < -0.39 is 0 Å². The summed E-state index contributed by atoms with van der Waals surface area (Å²) >= 11 is 11.9. The zero-order chi connectivity index (χ0) is 21.1. The Morgan fingerprint density at radius 2 is 0.967 bits per heavy atom. The highest BCUT2D eigenvalue weighted by atomic mass is 35.5. The van der Waals surface area contributed by atoms with Crippen LogP contribution in [0, 0.1) is 0 Å². The summed E-state index contributed by atoms with van der Waals surface area (Å²) in [6.45, 7) is 0. The molecule has 0 aliphatic rings. The van der Waals surface area contributed by atoms with E-state index in [1.54, 1.807) is 48.5 Å². The molecule has 4 rings (SSSR count). The van der Waals surface area contributed by atoms with E-state index in [4.69, 9.17) is 23.2 Å². The summed E-state index contributed by atoms with van der Waals surface area (Å²) in [6, 6.07) is 21.0. The van der Waals surface area contributed by atoms with Crippen LogP contribution in [0.2, 0.25) is 10.0 Å². The summed E-state index contributed by atoms with van der Waals surface area (Å²) in [5.74, 6) is 0.0220. The minimum Gasteiger partial charge on any atom is -0.507 e. The van der Waals surface area contributed by atoms with Crippen LogP contribution in [0.1, 0.15) is 22.5 Å². The molecule has 148 valence electrons. The third kappa shape index (κ3) is 4.46. The number of aliphatic hydroxyl groups is 2. The van der Waals surface area contributed by atoms with Crippen molar-refractivity contribution >= 4 is 57.9 Å². The molecule has 0 aliphatic heterocycles. The molecular formula is C24H16Cl2N2O2. The Bertz CT molecular complexity index is 1160. The standard InChI is InChI=1S/C24H16Cl2N2O2/c25-17-9-5-15(6-10-17)23(29)13-21-22(28-20-4-2-1-3-19(20)27-21)14-24(30)16-7-11-18(26)12-8-16/h1-14,29-30H/b23-13-,24-14-. The van der Waals surface area contributed by atoms with Gasteiger partial charge in [-0.25, -0.2) is 9.97 Å². The lowest BCUT2D eigenvalue weighted by Gasteiger charge is -2.07. The Morgan fingerprint density at radius 3 is 1.33 bits per heavy atom. The van der Waals surface area contributed by atoms with Crippen molar-refractivity contribution in [2.75, 3.05) is 0 Å². The normalized spacial score (nSPS) is 12.3. The summed E-state index contributed by atoms with van der Waals surface area (Å²) < 4.78 is 0. The molecule has 0 bridgehead atoms. The monoisotopic (exact) mass is 434 g/mol. The zero-order valence-corrected chi connectivity index (χ0v) is 17.1. The van der Waals surface area contributed by atoms with Crippen LogP contribution in [0.3, 0.4) is 0 Å². The second-order valence-electron chi connectivity index (χ2n) is 6.56. The van der Waals surface area contributed by atoms with Gasteiger partial charge in [-0.2, -0.15) is 0 Å². The van der Waals surface area contributed by atoms with Gasteiger partial charge >= 0.3 is 0 Å². The Balaban J connectivity index is 1.83. The van der Waals surface area contributed by atoms with Crippen molar-refractivity contribution in [2.45, 2.75) is 0 Å². The molecule has 0 fully saturated rings. The van der Waals surface area contributed by atoms with Crippen molar-refractivity contribution in [3.05, 3.63) is 105 Å². The smallest absolute Gasteiger partial charge is 0.125 e. The molecule has 1 aromatic heterocycles. The maximum Gasteiger partial charge on any atom is 0.125 e. The summed E-state index contributed by atoms with van der Waals surface area (Å²) in [5.41, 5.74) is 3.37. The molecule has 0 aliphatic carbocycles. The number of aromatic nitrogens is 2. The predicted molar refractivity (Wildman–Crippen MR) is 123 cm³/mol. The number of fused-ring (bicyclic) bond motifs is 1. The number of rotatable bonds is 4. The summed E-state index contributed by atoms with van der Waals surface area (Å²) in [7, 11) is 0. The third-order valence-corrected chi connectivity index (χ3v) is 4.96.